The standard InChI is InChI=1S/C16H17NO2S/c1-9-13(8-15(17)20-9)11-6-10-4-3-5-12(14(10)7-11)16(18)19-2/h3-5,8,11H,6-7,17H2,1-2H3. The monoisotopic (exact) mass is 287 g/mol. The van der Waals surface area contributed by atoms with E-state index in [1.54, 1.807) is 11.3 Å². The molecular weight excluding hydrogens is 270 g/mol. The van der Waals surface area contributed by atoms with Crippen LogP contribution in [-0.2, 0) is 17.6 Å². The summed E-state index contributed by atoms with van der Waals surface area (Å²) in [5.41, 5.74) is 10.3. The Kier molecular flexibility index (Phi) is 3.26. The summed E-state index contributed by atoms with van der Waals surface area (Å²) in [6.07, 6.45) is 1.86. The SMILES string of the molecule is COC(=O)c1cccc2c1CC(c1cc(N)sc1C)C2. The number of ether oxygens (including phenoxy) is 1. The maximum absolute atomic E-state index is 11.8. The molecule has 0 spiro atoms. The average Bonchev–Trinajstić information content (AvgIpc) is 3.00. The molecule has 0 saturated carbocycles. The van der Waals surface area contributed by atoms with Gasteiger partial charge in [0, 0.05) is 4.88 Å². The average molecular weight is 287 g/mol. The topological polar surface area (TPSA) is 52.3 Å². The molecule has 3 rings (SSSR count). The molecule has 2 N–H and O–H groups in total. The van der Waals surface area contributed by atoms with Crippen LogP contribution in [0.4, 0.5) is 5.00 Å². The van der Waals surface area contributed by atoms with Gasteiger partial charge in [-0.1, -0.05) is 12.1 Å². The van der Waals surface area contributed by atoms with E-state index in [9.17, 15) is 4.79 Å². The van der Waals surface area contributed by atoms with Crippen LogP contribution in [0.5, 0.6) is 0 Å². The van der Waals surface area contributed by atoms with Crippen LogP contribution in [0.1, 0.15) is 37.8 Å². The van der Waals surface area contributed by atoms with Gasteiger partial charge in [0.15, 0.2) is 0 Å². The molecule has 1 unspecified atom stereocenters. The predicted octanol–water partition coefficient (Wildman–Crippen LogP) is 3.31. The van der Waals surface area contributed by atoms with Crippen LogP contribution in [0.15, 0.2) is 24.3 Å². The first-order chi connectivity index (χ1) is 9.60. The van der Waals surface area contributed by atoms with E-state index in [2.05, 4.69) is 19.1 Å². The fourth-order valence-electron chi connectivity index (χ4n) is 3.10. The molecule has 1 atom stereocenters. The second-order valence-electron chi connectivity index (χ2n) is 5.20. The number of nitrogens with two attached hydrogens (primary N) is 1. The van der Waals surface area contributed by atoms with Crippen molar-refractivity contribution in [2.24, 2.45) is 0 Å². The molecule has 104 valence electrons. The molecule has 1 aliphatic rings. The van der Waals surface area contributed by atoms with Crippen molar-refractivity contribution >= 4 is 22.3 Å². The Labute approximate surface area is 122 Å². The van der Waals surface area contributed by atoms with Crippen LogP contribution in [0.3, 0.4) is 0 Å². The first-order valence-corrected chi connectivity index (χ1v) is 7.46. The van der Waals surface area contributed by atoms with Crippen LogP contribution in [0.2, 0.25) is 0 Å². The largest absolute Gasteiger partial charge is 0.465 e. The fourth-order valence-corrected chi connectivity index (χ4v) is 3.98. The molecule has 1 aromatic carbocycles. The minimum atomic E-state index is -0.246. The molecule has 4 heteroatoms. The van der Waals surface area contributed by atoms with Gasteiger partial charge < -0.3 is 10.5 Å². The van der Waals surface area contributed by atoms with Crippen molar-refractivity contribution in [3.63, 3.8) is 0 Å². The molecule has 1 aromatic heterocycles. The predicted molar refractivity (Wildman–Crippen MR) is 81.4 cm³/mol. The van der Waals surface area contributed by atoms with Crippen LogP contribution < -0.4 is 5.73 Å². The second-order valence-corrected chi connectivity index (χ2v) is 6.49. The number of carbonyl (C=O) groups is 1. The van der Waals surface area contributed by atoms with E-state index in [1.165, 1.54) is 23.1 Å². The Bertz CT molecular complexity index is 675. The summed E-state index contributed by atoms with van der Waals surface area (Å²) in [4.78, 5) is 13.1. The highest BCUT2D eigenvalue weighted by Gasteiger charge is 2.28. The lowest BCUT2D eigenvalue weighted by Crippen LogP contribution is -2.05. The summed E-state index contributed by atoms with van der Waals surface area (Å²) in [7, 11) is 1.43. The molecular formula is C16H17NO2S. The molecule has 1 heterocycles. The highest BCUT2D eigenvalue weighted by molar-refractivity contribution is 7.16. The summed E-state index contributed by atoms with van der Waals surface area (Å²) in [6.45, 7) is 2.11. The summed E-state index contributed by atoms with van der Waals surface area (Å²) < 4.78 is 4.87. The van der Waals surface area contributed by atoms with E-state index in [0.29, 0.717) is 11.5 Å². The Morgan fingerprint density at radius 3 is 2.85 bits per heavy atom. The lowest BCUT2D eigenvalue weighted by molar-refractivity contribution is 0.0599. The van der Waals surface area contributed by atoms with E-state index in [-0.39, 0.29) is 5.97 Å². The zero-order valence-electron chi connectivity index (χ0n) is 11.6. The molecule has 0 aliphatic heterocycles. The smallest absolute Gasteiger partial charge is 0.338 e. The Balaban J connectivity index is 1.96. The number of esters is 1. The van der Waals surface area contributed by atoms with E-state index < -0.39 is 0 Å². The van der Waals surface area contributed by atoms with E-state index in [1.807, 2.05) is 12.1 Å². The maximum atomic E-state index is 11.8. The molecule has 0 fully saturated rings. The summed E-state index contributed by atoms with van der Waals surface area (Å²) in [5, 5.41) is 0.863. The van der Waals surface area contributed by atoms with Gasteiger partial charge in [-0.05, 0) is 54.5 Å². The number of anilines is 1. The van der Waals surface area contributed by atoms with Crippen molar-refractivity contribution in [2.45, 2.75) is 25.7 Å². The second kappa shape index (κ2) is 4.94. The minimum absolute atomic E-state index is 0.246. The Morgan fingerprint density at radius 1 is 1.40 bits per heavy atom. The van der Waals surface area contributed by atoms with E-state index in [4.69, 9.17) is 10.5 Å². The van der Waals surface area contributed by atoms with Gasteiger partial charge in [0.1, 0.15) is 0 Å². The molecule has 0 amide bonds. The van der Waals surface area contributed by atoms with Gasteiger partial charge in [-0.25, -0.2) is 4.79 Å². The van der Waals surface area contributed by atoms with Gasteiger partial charge in [-0.15, -0.1) is 11.3 Å². The third-order valence-corrected chi connectivity index (χ3v) is 4.91. The van der Waals surface area contributed by atoms with E-state index >= 15 is 0 Å². The van der Waals surface area contributed by atoms with Crippen LogP contribution in [0, 0.1) is 6.92 Å². The maximum Gasteiger partial charge on any atom is 0.338 e. The first-order valence-electron chi connectivity index (χ1n) is 6.65. The number of nitrogen functional groups attached to an aromatic ring is 1. The van der Waals surface area contributed by atoms with Gasteiger partial charge in [0.25, 0.3) is 0 Å². The number of benzene rings is 1. The molecule has 0 saturated heterocycles. The molecule has 2 aromatic rings. The van der Waals surface area contributed by atoms with Crippen molar-refractivity contribution in [2.75, 3.05) is 12.8 Å². The minimum Gasteiger partial charge on any atom is -0.465 e. The zero-order valence-corrected chi connectivity index (χ0v) is 12.4. The molecule has 1 aliphatic carbocycles. The van der Waals surface area contributed by atoms with Crippen molar-refractivity contribution < 1.29 is 9.53 Å². The molecule has 0 radical (unpaired) electrons. The van der Waals surface area contributed by atoms with Gasteiger partial charge in [-0.3, -0.25) is 0 Å². The van der Waals surface area contributed by atoms with Crippen molar-refractivity contribution in [3.05, 3.63) is 51.4 Å². The van der Waals surface area contributed by atoms with Crippen molar-refractivity contribution in [3.8, 4) is 0 Å². The number of methoxy groups -OCH3 is 1. The number of hydrogen-bond donors (Lipinski definition) is 1. The molecule has 20 heavy (non-hydrogen) atoms. The van der Waals surface area contributed by atoms with Crippen molar-refractivity contribution in [1.82, 2.24) is 0 Å². The number of fused-ring (bicyclic) bond motifs is 1. The third-order valence-electron chi connectivity index (χ3n) is 4.01. The van der Waals surface area contributed by atoms with Gasteiger partial charge in [0.2, 0.25) is 0 Å². The van der Waals surface area contributed by atoms with Crippen molar-refractivity contribution in [1.29, 1.82) is 0 Å². The first kappa shape index (κ1) is 13.2. The summed E-state index contributed by atoms with van der Waals surface area (Å²) >= 11 is 1.64. The summed E-state index contributed by atoms with van der Waals surface area (Å²) in [5.74, 6) is 0.174. The van der Waals surface area contributed by atoms with Crippen LogP contribution in [-0.4, -0.2) is 13.1 Å². The number of thiophene rings is 1. The number of aryl methyl sites for hydroxylation is 1. The molecule has 3 nitrogen and oxygen atoms in total. The quantitative estimate of drug-likeness (QED) is 0.862. The van der Waals surface area contributed by atoms with Gasteiger partial charge in [0.05, 0.1) is 17.7 Å². The van der Waals surface area contributed by atoms with Gasteiger partial charge >= 0.3 is 5.97 Å². The van der Waals surface area contributed by atoms with Gasteiger partial charge in [-0.2, -0.15) is 0 Å². The Morgan fingerprint density at radius 2 is 2.20 bits per heavy atom. The number of rotatable bonds is 2. The normalized spacial score (nSPS) is 17.0. The zero-order chi connectivity index (χ0) is 14.3. The number of carbonyl (C=O) groups excluding carboxylic acids is 1. The lowest BCUT2D eigenvalue weighted by Gasteiger charge is -2.08. The van der Waals surface area contributed by atoms with E-state index in [0.717, 1.165) is 23.4 Å². The highest BCUT2D eigenvalue weighted by Crippen LogP contribution is 2.40. The highest BCUT2D eigenvalue weighted by atomic mass is 32.1. The van der Waals surface area contributed by atoms with Crippen LogP contribution in [0.25, 0.3) is 0 Å². The number of hydrogen-bond acceptors (Lipinski definition) is 4. The Hall–Kier alpha value is -1.81. The lowest BCUT2D eigenvalue weighted by atomic mass is 9.96. The third kappa shape index (κ3) is 2.10. The molecule has 0 bridgehead atoms. The summed E-state index contributed by atoms with van der Waals surface area (Å²) in [6, 6.07) is 7.96. The fraction of sp³-hybridized carbons (Fsp3) is 0.312. The van der Waals surface area contributed by atoms with Crippen LogP contribution >= 0.6 is 11.3 Å².